The summed E-state index contributed by atoms with van der Waals surface area (Å²) in [7, 11) is 0. The molecule has 4 nitrogen and oxygen atoms in total. The fourth-order valence-corrected chi connectivity index (χ4v) is 4.24. The Morgan fingerprint density at radius 2 is 2.20 bits per heavy atom. The van der Waals surface area contributed by atoms with E-state index in [-0.39, 0.29) is 5.28 Å². The van der Waals surface area contributed by atoms with E-state index in [0.29, 0.717) is 16.8 Å². The van der Waals surface area contributed by atoms with E-state index in [1.165, 1.54) is 17.4 Å². The minimum absolute atomic E-state index is 0.201. The van der Waals surface area contributed by atoms with E-state index >= 15 is 0 Å². The zero-order valence-corrected chi connectivity index (χ0v) is 12.9. The summed E-state index contributed by atoms with van der Waals surface area (Å²) < 4.78 is 4.29. The van der Waals surface area contributed by atoms with Crippen molar-refractivity contribution < 1.29 is 0 Å². The minimum atomic E-state index is 0.201. The number of hydrogen-bond donors (Lipinski definition) is 0. The molecule has 0 amide bonds. The third kappa shape index (κ3) is 1.70. The molecule has 1 unspecified atom stereocenters. The van der Waals surface area contributed by atoms with Gasteiger partial charge < -0.3 is 0 Å². The van der Waals surface area contributed by atoms with Gasteiger partial charge in [0.25, 0.3) is 0 Å². The number of para-hydroxylation sites is 1. The van der Waals surface area contributed by atoms with Crippen LogP contribution >= 0.6 is 35.3 Å². The Hall–Kier alpha value is -1.17. The molecule has 4 rings (SSSR count). The van der Waals surface area contributed by atoms with Crippen molar-refractivity contribution in [3.8, 4) is 0 Å². The monoisotopic (exact) mass is 324 g/mol. The van der Waals surface area contributed by atoms with E-state index < -0.39 is 0 Å². The molecule has 2 aromatic rings. The maximum atomic E-state index is 6.22. The first-order valence-corrected chi connectivity index (χ1v) is 7.70. The lowest BCUT2D eigenvalue weighted by molar-refractivity contribution is 0.833. The van der Waals surface area contributed by atoms with Crippen LogP contribution in [0.25, 0.3) is 0 Å². The quantitative estimate of drug-likeness (QED) is 0.572. The molecule has 0 aliphatic carbocycles. The zero-order valence-electron chi connectivity index (χ0n) is 10.5. The molecular formula is C13H10Cl2N4S. The third-order valence-corrected chi connectivity index (χ3v) is 5.06. The SMILES string of the molecule is CC1CN2SN(c3nc(Cl)ncc3Cl)c3cccc1c32. The predicted molar refractivity (Wildman–Crippen MR) is 84.0 cm³/mol. The predicted octanol–water partition coefficient (Wildman–Crippen LogP) is 4.42. The molecule has 1 aromatic carbocycles. The van der Waals surface area contributed by atoms with Crippen LogP contribution in [0.4, 0.5) is 17.2 Å². The molecule has 0 bridgehead atoms. The topological polar surface area (TPSA) is 32.3 Å². The summed E-state index contributed by atoms with van der Waals surface area (Å²) in [6, 6.07) is 6.34. The molecule has 0 spiro atoms. The van der Waals surface area contributed by atoms with Crippen molar-refractivity contribution >= 4 is 52.5 Å². The van der Waals surface area contributed by atoms with Crippen LogP contribution in [0.15, 0.2) is 24.4 Å². The average molecular weight is 325 g/mol. The lowest BCUT2D eigenvalue weighted by Gasteiger charge is -2.19. The van der Waals surface area contributed by atoms with Gasteiger partial charge in [0, 0.05) is 12.5 Å². The third-order valence-electron chi connectivity index (χ3n) is 3.55. The molecular weight excluding hydrogens is 315 g/mol. The van der Waals surface area contributed by atoms with E-state index in [9.17, 15) is 0 Å². The smallest absolute Gasteiger partial charge is 0.224 e. The second kappa shape index (κ2) is 4.41. The standard InChI is InChI=1S/C13H10Cl2N4S/c1-7-6-18-11-8(7)3-2-4-10(11)19(20-18)12-9(14)5-16-13(15)17-12/h2-5,7H,6H2,1H3. The molecule has 0 N–H and O–H groups in total. The van der Waals surface area contributed by atoms with Crippen molar-refractivity contribution in [2.45, 2.75) is 12.8 Å². The van der Waals surface area contributed by atoms with Crippen LogP contribution in [0.1, 0.15) is 18.4 Å². The molecule has 0 saturated heterocycles. The Labute approximate surface area is 131 Å². The molecule has 7 heteroatoms. The number of nitrogens with zero attached hydrogens (tertiary/aromatic N) is 4. The van der Waals surface area contributed by atoms with Gasteiger partial charge in [0.2, 0.25) is 5.28 Å². The van der Waals surface area contributed by atoms with Crippen LogP contribution in [0, 0.1) is 0 Å². The van der Waals surface area contributed by atoms with Crippen molar-refractivity contribution in [1.29, 1.82) is 0 Å². The van der Waals surface area contributed by atoms with Crippen LogP contribution in [0.2, 0.25) is 10.3 Å². The molecule has 1 aromatic heterocycles. The normalized spacial score (nSPS) is 19.6. The van der Waals surface area contributed by atoms with Gasteiger partial charge in [-0.05, 0) is 23.2 Å². The molecule has 102 valence electrons. The van der Waals surface area contributed by atoms with E-state index in [0.717, 1.165) is 12.2 Å². The fraction of sp³-hybridized carbons (Fsp3) is 0.231. The van der Waals surface area contributed by atoms with E-state index in [1.54, 1.807) is 12.1 Å². The number of aromatic nitrogens is 2. The van der Waals surface area contributed by atoms with Gasteiger partial charge in [-0.3, -0.25) is 4.31 Å². The van der Waals surface area contributed by atoms with E-state index in [2.05, 4.69) is 39.4 Å². The number of rotatable bonds is 1. The number of benzene rings is 1. The molecule has 0 fully saturated rings. The van der Waals surface area contributed by atoms with Crippen LogP contribution in [0.3, 0.4) is 0 Å². The van der Waals surface area contributed by atoms with E-state index in [1.807, 2.05) is 4.31 Å². The van der Waals surface area contributed by atoms with Gasteiger partial charge in [-0.1, -0.05) is 30.7 Å². The van der Waals surface area contributed by atoms with Gasteiger partial charge in [-0.2, -0.15) is 4.98 Å². The number of hydrogen-bond acceptors (Lipinski definition) is 5. The number of halogens is 2. The highest BCUT2D eigenvalue weighted by molar-refractivity contribution is 8.02. The van der Waals surface area contributed by atoms with Gasteiger partial charge >= 0.3 is 0 Å². The average Bonchev–Trinajstić information content (AvgIpc) is 2.95. The highest BCUT2D eigenvalue weighted by atomic mass is 35.5. The summed E-state index contributed by atoms with van der Waals surface area (Å²) in [5.41, 5.74) is 3.73. The Balaban J connectivity index is 1.88. The summed E-state index contributed by atoms with van der Waals surface area (Å²) in [6.45, 7) is 3.23. The first-order chi connectivity index (χ1) is 9.65. The fourth-order valence-electron chi connectivity index (χ4n) is 2.67. The van der Waals surface area contributed by atoms with Crippen molar-refractivity contribution in [2.75, 3.05) is 15.2 Å². The molecule has 1 atom stereocenters. The van der Waals surface area contributed by atoms with Crippen LogP contribution in [0.5, 0.6) is 0 Å². The first kappa shape index (κ1) is 12.6. The first-order valence-electron chi connectivity index (χ1n) is 6.22. The van der Waals surface area contributed by atoms with Crippen LogP contribution in [-0.2, 0) is 0 Å². The minimum Gasteiger partial charge on any atom is -0.295 e. The lowest BCUT2D eigenvalue weighted by atomic mass is 10.0. The van der Waals surface area contributed by atoms with Crippen LogP contribution < -0.4 is 8.61 Å². The van der Waals surface area contributed by atoms with Gasteiger partial charge in [0.05, 0.1) is 29.7 Å². The number of anilines is 3. The maximum Gasteiger partial charge on any atom is 0.224 e. The molecule has 2 aliphatic heterocycles. The van der Waals surface area contributed by atoms with Gasteiger partial charge in [-0.15, -0.1) is 0 Å². The lowest BCUT2D eigenvalue weighted by Crippen LogP contribution is -2.14. The van der Waals surface area contributed by atoms with Crippen molar-refractivity contribution in [1.82, 2.24) is 9.97 Å². The van der Waals surface area contributed by atoms with Crippen LogP contribution in [-0.4, -0.2) is 16.5 Å². The summed E-state index contributed by atoms with van der Waals surface area (Å²) in [5.74, 6) is 1.18. The Morgan fingerprint density at radius 1 is 1.35 bits per heavy atom. The second-order valence-electron chi connectivity index (χ2n) is 4.86. The summed E-state index contributed by atoms with van der Waals surface area (Å²) in [5, 5.41) is 0.695. The summed E-state index contributed by atoms with van der Waals surface area (Å²) in [6.07, 6.45) is 1.54. The molecule has 3 heterocycles. The Bertz CT molecular complexity index is 709. The summed E-state index contributed by atoms with van der Waals surface area (Å²) in [4.78, 5) is 8.16. The molecule has 0 saturated carbocycles. The molecule has 20 heavy (non-hydrogen) atoms. The van der Waals surface area contributed by atoms with E-state index in [4.69, 9.17) is 23.2 Å². The highest BCUT2D eigenvalue weighted by Gasteiger charge is 2.38. The zero-order chi connectivity index (χ0) is 13.9. The van der Waals surface area contributed by atoms with Crippen molar-refractivity contribution in [3.63, 3.8) is 0 Å². The Kier molecular flexibility index (Phi) is 2.77. The second-order valence-corrected chi connectivity index (χ2v) is 6.58. The summed E-state index contributed by atoms with van der Waals surface area (Å²) >= 11 is 13.7. The maximum absolute atomic E-state index is 6.22. The van der Waals surface area contributed by atoms with Gasteiger partial charge in [0.1, 0.15) is 5.02 Å². The highest BCUT2D eigenvalue weighted by Crippen LogP contribution is 2.56. The molecule has 0 radical (unpaired) electrons. The Morgan fingerprint density at radius 3 is 3.05 bits per heavy atom. The van der Waals surface area contributed by atoms with Crippen molar-refractivity contribution in [2.24, 2.45) is 0 Å². The van der Waals surface area contributed by atoms with Gasteiger partial charge in [0.15, 0.2) is 5.82 Å². The van der Waals surface area contributed by atoms with Gasteiger partial charge in [-0.25, -0.2) is 9.29 Å². The molecule has 2 aliphatic rings. The largest absolute Gasteiger partial charge is 0.295 e. The van der Waals surface area contributed by atoms with Crippen molar-refractivity contribution in [3.05, 3.63) is 40.3 Å².